The van der Waals surface area contributed by atoms with Crippen LogP contribution in [0.4, 0.5) is 11.4 Å². The lowest BCUT2D eigenvalue weighted by Crippen LogP contribution is -2.45. The molecule has 0 fully saturated rings. The molecule has 30 heavy (non-hydrogen) atoms. The highest BCUT2D eigenvalue weighted by molar-refractivity contribution is 6.30. The van der Waals surface area contributed by atoms with Crippen LogP contribution in [-0.2, 0) is 11.2 Å². The van der Waals surface area contributed by atoms with Gasteiger partial charge in [0, 0.05) is 34.8 Å². The molecule has 7 nitrogen and oxygen atoms in total. The number of hydrogen-bond donors (Lipinski definition) is 2. The van der Waals surface area contributed by atoms with E-state index in [0.717, 1.165) is 5.56 Å². The van der Waals surface area contributed by atoms with Crippen LogP contribution in [0.3, 0.4) is 0 Å². The maximum absolute atomic E-state index is 12.9. The molecular formula is C22H18ClN3O4. The van der Waals surface area contributed by atoms with Gasteiger partial charge in [-0.2, -0.15) is 0 Å². The molecule has 0 aliphatic heterocycles. The molecular weight excluding hydrogens is 406 g/mol. The van der Waals surface area contributed by atoms with Crippen LogP contribution in [0.1, 0.15) is 15.9 Å². The highest BCUT2D eigenvalue weighted by atomic mass is 35.5. The lowest BCUT2D eigenvalue weighted by molar-refractivity contribution is -0.384. The van der Waals surface area contributed by atoms with Gasteiger partial charge < -0.3 is 10.6 Å². The molecule has 0 aliphatic carbocycles. The minimum absolute atomic E-state index is 0.141. The molecule has 2 amide bonds. The highest BCUT2D eigenvalue weighted by Crippen LogP contribution is 2.18. The van der Waals surface area contributed by atoms with E-state index >= 15 is 0 Å². The third-order valence-corrected chi connectivity index (χ3v) is 4.59. The molecule has 152 valence electrons. The van der Waals surface area contributed by atoms with Crippen molar-refractivity contribution in [3.8, 4) is 0 Å². The summed E-state index contributed by atoms with van der Waals surface area (Å²) >= 11 is 5.86. The summed E-state index contributed by atoms with van der Waals surface area (Å²) in [5, 5.41) is 16.8. The number of hydrogen-bond acceptors (Lipinski definition) is 4. The van der Waals surface area contributed by atoms with Crippen molar-refractivity contribution in [2.45, 2.75) is 12.5 Å². The number of carbonyl (C=O) groups excluding carboxylic acids is 2. The summed E-state index contributed by atoms with van der Waals surface area (Å²) < 4.78 is 0. The fourth-order valence-electron chi connectivity index (χ4n) is 2.83. The Bertz CT molecular complexity index is 1060. The van der Waals surface area contributed by atoms with Gasteiger partial charge in [-0.15, -0.1) is 0 Å². The summed E-state index contributed by atoms with van der Waals surface area (Å²) in [6.45, 7) is 0. The number of nitro benzene ring substituents is 1. The predicted molar refractivity (Wildman–Crippen MR) is 115 cm³/mol. The molecule has 8 heteroatoms. The monoisotopic (exact) mass is 423 g/mol. The van der Waals surface area contributed by atoms with Crippen molar-refractivity contribution in [1.82, 2.24) is 5.32 Å². The molecule has 3 aromatic carbocycles. The van der Waals surface area contributed by atoms with Crippen LogP contribution in [0, 0.1) is 10.1 Å². The van der Waals surface area contributed by atoms with E-state index < -0.39 is 22.8 Å². The molecule has 0 bridgehead atoms. The van der Waals surface area contributed by atoms with E-state index in [0.29, 0.717) is 10.6 Å². The zero-order valence-electron chi connectivity index (χ0n) is 15.7. The molecule has 0 saturated carbocycles. The minimum atomic E-state index is -0.894. The molecule has 2 N–H and O–H groups in total. The lowest BCUT2D eigenvalue weighted by atomic mass is 10.0. The van der Waals surface area contributed by atoms with Crippen molar-refractivity contribution in [1.29, 1.82) is 0 Å². The minimum Gasteiger partial charge on any atom is -0.340 e. The van der Waals surface area contributed by atoms with Crippen LogP contribution in [0.5, 0.6) is 0 Å². The Kier molecular flexibility index (Phi) is 6.77. The zero-order chi connectivity index (χ0) is 21.5. The van der Waals surface area contributed by atoms with E-state index in [1.807, 2.05) is 30.3 Å². The molecule has 0 spiro atoms. The molecule has 0 radical (unpaired) electrons. The third kappa shape index (κ3) is 5.65. The molecule has 0 saturated heterocycles. The number of nitro groups is 1. The van der Waals surface area contributed by atoms with Gasteiger partial charge in [-0.25, -0.2) is 0 Å². The molecule has 0 aromatic heterocycles. The van der Waals surface area contributed by atoms with E-state index in [1.54, 1.807) is 30.3 Å². The fourth-order valence-corrected chi connectivity index (χ4v) is 2.95. The molecule has 3 rings (SSSR count). The van der Waals surface area contributed by atoms with Crippen LogP contribution >= 0.6 is 11.6 Å². The van der Waals surface area contributed by atoms with E-state index in [1.165, 1.54) is 18.2 Å². The largest absolute Gasteiger partial charge is 0.340 e. The van der Waals surface area contributed by atoms with Gasteiger partial charge >= 0.3 is 0 Å². The van der Waals surface area contributed by atoms with E-state index in [-0.39, 0.29) is 17.8 Å². The van der Waals surface area contributed by atoms with Gasteiger partial charge in [0.25, 0.3) is 11.6 Å². The molecule has 0 aliphatic rings. The van der Waals surface area contributed by atoms with Crippen molar-refractivity contribution in [2.24, 2.45) is 0 Å². The van der Waals surface area contributed by atoms with Gasteiger partial charge in [-0.05, 0) is 35.9 Å². The van der Waals surface area contributed by atoms with Gasteiger partial charge in [0.2, 0.25) is 5.91 Å². The highest BCUT2D eigenvalue weighted by Gasteiger charge is 2.22. The quantitative estimate of drug-likeness (QED) is 0.438. The van der Waals surface area contributed by atoms with Crippen molar-refractivity contribution in [3.05, 3.63) is 105 Å². The molecule has 3 aromatic rings. The second-order valence-electron chi connectivity index (χ2n) is 6.52. The first kappa shape index (κ1) is 21.0. The van der Waals surface area contributed by atoms with Gasteiger partial charge in [0.1, 0.15) is 6.04 Å². The van der Waals surface area contributed by atoms with Crippen molar-refractivity contribution >= 4 is 34.8 Å². The maximum Gasteiger partial charge on any atom is 0.271 e. The first-order valence-corrected chi connectivity index (χ1v) is 9.46. The Morgan fingerprint density at radius 1 is 0.967 bits per heavy atom. The van der Waals surface area contributed by atoms with Crippen LogP contribution in [0.15, 0.2) is 78.9 Å². The van der Waals surface area contributed by atoms with Gasteiger partial charge in [-0.3, -0.25) is 19.7 Å². The number of amides is 2. The summed E-state index contributed by atoms with van der Waals surface area (Å²) in [7, 11) is 0. The standard InChI is InChI=1S/C22H18ClN3O4/c23-17-11-9-16(10-12-17)21(27)25-20(13-15-5-2-1-3-6-15)22(28)24-18-7-4-8-19(14-18)26(29)30/h1-12,14,20H,13H2,(H,24,28)(H,25,27). The van der Waals surface area contributed by atoms with Crippen LogP contribution in [0.2, 0.25) is 5.02 Å². The summed E-state index contributed by atoms with van der Waals surface area (Å²) in [6, 6.07) is 20.3. The number of carbonyl (C=O) groups is 2. The Morgan fingerprint density at radius 2 is 1.67 bits per heavy atom. The number of rotatable bonds is 7. The topological polar surface area (TPSA) is 101 Å². The number of anilines is 1. The molecule has 1 unspecified atom stereocenters. The number of benzene rings is 3. The predicted octanol–water partition coefficient (Wildman–Crippen LogP) is 4.23. The van der Waals surface area contributed by atoms with Gasteiger partial charge in [0.15, 0.2) is 0 Å². The zero-order valence-corrected chi connectivity index (χ0v) is 16.5. The number of nitrogens with one attached hydrogen (secondary N) is 2. The molecule has 0 heterocycles. The second kappa shape index (κ2) is 9.67. The summed E-state index contributed by atoms with van der Waals surface area (Å²) in [4.78, 5) is 36.0. The summed E-state index contributed by atoms with van der Waals surface area (Å²) in [6.07, 6.45) is 0.251. The van der Waals surface area contributed by atoms with Crippen LogP contribution in [-0.4, -0.2) is 22.8 Å². The number of non-ortho nitro benzene ring substituents is 1. The average Bonchev–Trinajstić information content (AvgIpc) is 2.74. The SMILES string of the molecule is O=C(NC(Cc1ccccc1)C(=O)Nc1cccc([N+](=O)[O-])c1)c1ccc(Cl)cc1. The Labute approximate surface area is 177 Å². The normalized spacial score (nSPS) is 11.4. The van der Waals surface area contributed by atoms with Gasteiger partial charge in [0.05, 0.1) is 4.92 Å². The van der Waals surface area contributed by atoms with Crippen LogP contribution in [0.25, 0.3) is 0 Å². The Morgan fingerprint density at radius 3 is 2.33 bits per heavy atom. The summed E-state index contributed by atoms with van der Waals surface area (Å²) in [5.74, 6) is -0.913. The van der Waals surface area contributed by atoms with E-state index in [4.69, 9.17) is 11.6 Å². The van der Waals surface area contributed by atoms with E-state index in [2.05, 4.69) is 10.6 Å². The average molecular weight is 424 g/mol. The van der Waals surface area contributed by atoms with Crippen molar-refractivity contribution in [3.63, 3.8) is 0 Å². The number of halogens is 1. The van der Waals surface area contributed by atoms with Gasteiger partial charge in [-0.1, -0.05) is 48.0 Å². The summed E-state index contributed by atoms with van der Waals surface area (Å²) in [5.41, 5.74) is 1.35. The number of nitrogens with zero attached hydrogens (tertiary/aromatic N) is 1. The first-order valence-electron chi connectivity index (χ1n) is 9.08. The van der Waals surface area contributed by atoms with Crippen molar-refractivity contribution < 1.29 is 14.5 Å². The second-order valence-corrected chi connectivity index (χ2v) is 6.96. The first-order chi connectivity index (χ1) is 14.4. The van der Waals surface area contributed by atoms with E-state index in [9.17, 15) is 19.7 Å². The van der Waals surface area contributed by atoms with Crippen molar-refractivity contribution in [2.75, 3.05) is 5.32 Å². The smallest absolute Gasteiger partial charge is 0.271 e. The Hall–Kier alpha value is -3.71. The third-order valence-electron chi connectivity index (χ3n) is 4.34. The molecule has 1 atom stereocenters. The fraction of sp³-hybridized carbons (Fsp3) is 0.0909. The maximum atomic E-state index is 12.9. The Balaban J connectivity index is 1.80. The van der Waals surface area contributed by atoms with Crippen LogP contribution < -0.4 is 10.6 Å². The lowest BCUT2D eigenvalue weighted by Gasteiger charge is -2.19.